The van der Waals surface area contributed by atoms with Gasteiger partial charge in [-0.25, -0.2) is 0 Å². The minimum atomic E-state index is -4.31. The number of carbonyl (C=O) groups is 1. The molecule has 0 saturated heterocycles. The van der Waals surface area contributed by atoms with Gasteiger partial charge >= 0.3 is 0 Å². The Hall–Kier alpha value is -1.86. The average molecular weight is 271 g/mol. The Morgan fingerprint density at radius 2 is 2.00 bits per heavy atom. The quantitative estimate of drug-likeness (QED) is 0.586. The molecule has 1 rings (SSSR count). The Bertz CT molecular complexity index is 521. The van der Waals surface area contributed by atoms with E-state index < -0.39 is 21.8 Å². The SMILES string of the molecule is C=Cc1ccc(OCNC(=O)CS(=O)(=O)O)cc1. The van der Waals surface area contributed by atoms with Gasteiger partial charge in [0.25, 0.3) is 10.1 Å². The van der Waals surface area contributed by atoms with Gasteiger partial charge in [0.1, 0.15) is 5.75 Å². The Balaban J connectivity index is 2.37. The average Bonchev–Trinajstić information content (AvgIpc) is 2.27. The maximum Gasteiger partial charge on any atom is 0.274 e. The molecule has 2 N–H and O–H groups in total. The number of nitrogens with one attached hydrogen (secondary N) is 1. The van der Waals surface area contributed by atoms with Crippen LogP contribution in [0.15, 0.2) is 30.8 Å². The van der Waals surface area contributed by atoms with E-state index in [9.17, 15) is 13.2 Å². The molecular formula is C11H13NO5S. The molecule has 0 aromatic heterocycles. The predicted molar refractivity (Wildman–Crippen MR) is 66.6 cm³/mol. The van der Waals surface area contributed by atoms with Crippen LogP contribution in [0.25, 0.3) is 6.08 Å². The molecule has 7 heteroatoms. The summed E-state index contributed by atoms with van der Waals surface area (Å²) < 4.78 is 34.4. The largest absolute Gasteiger partial charge is 0.473 e. The van der Waals surface area contributed by atoms with E-state index in [0.29, 0.717) is 5.75 Å². The van der Waals surface area contributed by atoms with E-state index in [1.807, 2.05) is 0 Å². The molecule has 1 amide bonds. The van der Waals surface area contributed by atoms with E-state index in [-0.39, 0.29) is 6.73 Å². The minimum Gasteiger partial charge on any atom is -0.473 e. The highest BCUT2D eigenvalue weighted by molar-refractivity contribution is 7.86. The summed E-state index contributed by atoms with van der Waals surface area (Å²) in [5.74, 6) is -1.29. The molecule has 0 aliphatic rings. The van der Waals surface area contributed by atoms with Crippen molar-refractivity contribution in [1.29, 1.82) is 0 Å². The fourth-order valence-corrected chi connectivity index (χ4v) is 1.55. The molecule has 0 spiro atoms. The number of rotatable bonds is 6. The fraction of sp³-hybridized carbons (Fsp3) is 0.182. The second-order valence-corrected chi connectivity index (χ2v) is 4.84. The van der Waals surface area contributed by atoms with Crippen LogP contribution in [0.1, 0.15) is 5.56 Å². The summed E-state index contributed by atoms with van der Waals surface area (Å²) in [6.07, 6.45) is 1.68. The van der Waals surface area contributed by atoms with Crippen LogP contribution in [0.3, 0.4) is 0 Å². The smallest absolute Gasteiger partial charge is 0.274 e. The van der Waals surface area contributed by atoms with Crippen molar-refractivity contribution in [2.24, 2.45) is 0 Å². The summed E-state index contributed by atoms with van der Waals surface area (Å²) in [7, 11) is -4.31. The van der Waals surface area contributed by atoms with Crippen LogP contribution < -0.4 is 10.1 Å². The summed E-state index contributed by atoms with van der Waals surface area (Å²) in [4.78, 5) is 11.0. The third-order valence-corrected chi connectivity index (χ3v) is 2.56. The molecule has 0 saturated carbocycles. The molecule has 0 atom stereocenters. The number of hydrogen-bond acceptors (Lipinski definition) is 4. The first-order valence-electron chi connectivity index (χ1n) is 4.98. The molecule has 0 fully saturated rings. The number of ether oxygens (including phenoxy) is 1. The molecule has 1 aromatic carbocycles. The lowest BCUT2D eigenvalue weighted by Crippen LogP contribution is -2.32. The van der Waals surface area contributed by atoms with Crippen molar-refractivity contribution in [2.75, 3.05) is 12.5 Å². The summed E-state index contributed by atoms with van der Waals surface area (Å²) >= 11 is 0. The highest BCUT2D eigenvalue weighted by Crippen LogP contribution is 2.12. The van der Waals surface area contributed by atoms with Gasteiger partial charge in [0, 0.05) is 0 Å². The van der Waals surface area contributed by atoms with Gasteiger partial charge < -0.3 is 10.1 Å². The summed E-state index contributed by atoms with van der Waals surface area (Å²) in [6.45, 7) is 3.42. The fourth-order valence-electron chi connectivity index (χ4n) is 1.12. The second-order valence-electron chi connectivity index (χ2n) is 3.39. The van der Waals surface area contributed by atoms with Gasteiger partial charge in [0.05, 0.1) is 0 Å². The summed E-state index contributed by atoms with van der Waals surface area (Å²) in [6, 6.07) is 6.93. The Kier molecular flexibility index (Phi) is 4.87. The number of benzene rings is 1. The molecule has 0 heterocycles. The van der Waals surface area contributed by atoms with E-state index in [1.54, 1.807) is 30.3 Å². The minimum absolute atomic E-state index is 0.179. The van der Waals surface area contributed by atoms with Gasteiger partial charge in [0.15, 0.2) is 12.5 Å². The van der Waals surface area contributed by atoms with Crippen molar-refractivity contribution >= 4 is 22.1 Å². The van der Waals surface area contributed by atoms with Crippen molar-refractivity contribution in [3.63, 3.8) is 0 Å². The number of carbonyl (C=O) groups excluding carboxylic acids is 1. The van der Waals surface area contributed by atoms with Gasteiger partial charge in [-0.05, 0) is 17.7 Å². The maximum atomic E-state index is 11.0. The van der Waals surface area contributed by atoms with Crippen LogP contribution in [-0.2, 0) is 14.9 Å². The Labute approximate surface area is 105 Å². The second kappa shape index (κ2) is 6.18. The third kappa shape index (κ3) is 5.46. The first kappa shape index (κ1) is 14.2. The van der Waals surface area contributed by atoms with E-state index in [0.717, 1.165) is 5.56 Å². The molecule has 0 aliphatic carbocycles. The van der Waals surface area contributed by atoms with Crippen LogP contribution in [0, 0.1) is 0 Å². The number of amides is 1. The van der Waals surface area contributed by atoms with E-state index in [1.165, 1.54) is 0 Å². The first-order chi connectivity index (χ1) is 8.40. The van der Waals surface area contributed by atoms with E-state index in [4.69, 9.17) is 9.29 Å². The van der Waals surface area contributed by atoms with Gasteiger partial charge in [-0.3, -0.25) is 9.35 Å². The van der Waals surface area contributed by atoms with Crippen LogP contribution in [0.4, 0.5) is 0 Å². The highest BCUT2D eigenvalue weighted by atomic mass is 32.2. The zero-order valence-corrected chi connectivity index (χ0v) is 10.3. The van der Waals surface area contributed by atoms with Crippen LogP contribution in [-0.4, -0.2) is 31.4 Å². The van der Waals surface area contributed by atoms with Gasteiger partial charge in [0.2, 0.25) is 5.91 Å². The van der Waals surface area contributed by atoms with Crippen LogP contribution >= 0.6 is 0 Å². The molecule has 98 valence electrons. The molecule has 0 radical (unpaired) electrons. The lowest BCUT2D eigenvalue weighted by molar-refractivity contribution is -0.119. The maximum absolute atomic E-state index is 11.0. The molecule has 6 nitrogen and oxygen atoms in total. The molecule has 18 heavy (non-hydrogen) atoms. The Morgan fingerprint density at radius 1 is 1.39 bits per heavy atom. The summed E-state index contributed by atoms with van der Waals surface area (Å²) in [5, 5.41) is 2.20. The van der Waals surface area contributed by atoms with Crippen LogP contribution in [0.2, 0.25) is 0 Å². The normalized spacial score (nSPS) is 10.7. The Morgan fingerprint density at radius 3 is 2.50 bits per heavy atom. The molecule has 0 aliphatic heterocycles. The highest BCUT2D eigenvalue weighted by Gasteiger charge is 2.11. The first-order valence-corrected chi connectivity index (χ1v) is 6.59. The third-order valence-electron chi connectivity index (χ3n) is 1.94. The molecule has 1 aromatic rings. The molecule has 0 bridgehead atoms. The van der Waals surface area contributed by atoms with Crippen molar-refractivity contribution in [3.8, 4) is 5.75 Å². The topological polar surface area (TPSA) is 92.7 Å². The predicted octanol–water partition coefficient (Wildman–Crippen LogP) is 0.670. The van der Waals surface area contributed by atoms with Crippen molar-refractivity contribution in [3.05, 3.63) is 36.4 Å². The monoisotopic (exact) mass is 271 g/mol. The lowest BCUT2D eigenvalue weighted by Gasteiger charge is -2.07. The van der Waals surface area contributed by atoms with Crippen LogP contribution in [0.5, 0.6) is 5.75 Å². The van der Waals surface area contributed by atoms with Crippen molar-refractivity contribution in [2.45, 2.75) is 0 Å². The van der Waals surface area contributed by atoms with E-state index >= 15 is 0 Å². The lowest BCUT2D eigenvalue weighted by atomic mass is 10.2. The molecule has 0 unspecified atom stereocenters. The van der Waals surface area contributed by atoms with Crippen molar-refractivity contribution < 1.29 is 22.5 Å². The number of hydrogen-bond donors (Lipinski definition) is 2. The van der Waals surface area contributed by atoms with Crippen molar-refractivity contribution in [1.82, 2.24) is 5.32 Å². The summed E-state index contributed by atoms with van der Waals surface area (Å²) in [5.41, 5.74) is 0.928. The van der Waals surface area contributed by atoms with Gasteiger partial charge in [-0.15, -0.1) is 0 Å². The van der Waals surface area contributed by atoms with Gasteiger partial charge in [-0.1, -0.05) is 24.8 Å². The zero-order valence-electron chi connectivity index (χ0n) is 9.50. The standard InChI is InChI=1S/C11H13NO5S/c1-2-9-3-5-10(6-4-9)17-8-12-11(13)7-18(14,15)16/h2-6H,1,7-8H2,(H,12,13)(H,14,15,16). The van der Waals surface area contributed by atoms with E-state index in [2.05, 4.69) is 11.9 Å². The zero-order chi connectivity index (χ0) is 13.6. The molecular weight excluding hydrogens is 258 g/mol. The van der Waals surface area contributed by atoms with Gasteiger partial charge in [-0.2, -0.15) is 8.42 Å².